The Hall–Kier alpha value is -0.130. The molecule has 88 valence electrons. The van der Waals surface area contributed by atoms with Crippen molar-refractivity contribution in [3.63, 3.8) is 0 Å². The maximum atomic E-state index is 9.47. The molecule has 0 bridgehead atoms. The number of hydrogen-bond donors (Lipinski definition) is 2. The van der Waals surface area contributed by atoms with Crippen LogP contribution in [0.15, 0.2) is 24.3 Å². The van der Waals surface area contributed by atoms with E-state index in [9.17, 15) is 5.11 Å². The smallest absolute Gasteiger partial charge is 0.0613 e. The third-order valence-electron chi connectivity index (χ3n) is 3.44. The fourth-order valence-electron chi connectivity index (χ4n) is 2.33. The molecule has 1 aromatic carbocycles. The highest BCUT2D eigenvalue weighted by Gasteiger charge is 2.32. The van der Waals surface area contributed by atoms with E-state index in [4.69, 9.17) is 0 Å². The van der Waals surface area contributed by atoms with Crippen molar-refractivity contribution in [1.29, 1.82) is 0 Å². The highest BCUT2D eigenvalue weighted by molar-refractivity contribution is 14.1. The first kappa shape index (κ1) is 12.3. The van der Waals surface area contributed by atoms with Crippen LogP contribution in [0.3, 0.4) is 0 Å². The van der Waals surface area contributed by atoms with E-state index in [-0.39, 0.29) is 12.1 Å². The molecule has 1 aliphatic carbocycles. The Balaban J connectivity index is 1.93. The van der Waals surface area contributed by atoms with E-state index in [1.54, 1.807) is 0 Å². The lowest BCUT2D eigenvalue weighted by Gasteiger charge is -2.28. The van der Waals surface area contributed by atoms with E-state index in [0.29, 0.717) is 0 Å². The topological polar surface area (TPSA) is 32.3 Å². The number of aliphatic hydroxyl groups is 1. The Morgan fingerprint density at radius 1 is 1.19 bits per heavy atom. The fourth-order valence-corrected chi connectivity index (χ4v) is 2.69. The lowest BCUT2D eigenvalue weighted by molar-refractivity contribution is 0.163. The number of hydrogen-bond acceptors (Lipinski definition) is 2. The van der Waals surface area contributed by atoms with E-state index in [2.05, 4.69) is 52.2 Å². The molecule has 0 amide bonds. The van der Waals surface area contributed by atoms with Crippen LogP contribution in [-0.2, 0) is 6.54 Å². The second-order valence-electron chi connectivity index (χ2n) is 4.63. The molecule has 3 heteroatoms. The minimum atomic E-state index is -0.0109. The minimum Gasteiger partial charge on any atom is -0.394 e. The average molecular weight is 331 g/mol. The summed E-state index contributed by atoms with van der Waals surface area (Å²) in [6, 6.07) is 8.54. The zero-order valence-electron chi connectivity index (χ0n) is 9.38. The first-order chi connectivity index (χ1) is 7.74. The Morgan fingerprint density at radius 2 is 1.81 bits per heavy atom. The van der Waals surface area contributed by atoms with Crippen LogP contribution in [0.1, 0.15) is 31.2 Å². The second-order valence-corrected chi connectivity index (χ2v) is 5.87. The van der Waals surface area contributed by atoms with Crippen LogP contribution in [0, 0.1) is 3.57 Å². The van der Waals surface area contributed by atoms with Crippen LogP contribution < -0.4 is 5.32 Å². The third-order valence-corrected chi connectivity index (χ3v) is 4.16. The molecule has 0 aliphatic heterocycles. The van der Waals surface area contributed by atoms with Crippen LogP contribution in [0.25, 0.3) is 0 Å². The lowest BCUT2D eigenvalue weighted by Crippen LogP contribution is -2.45. The largest absolute Gasteiger partial charge is 0.394 e. The summed E-state index contributed by atoms with van der Waals surface area (Å²) in [7, 11) is 0. The molecule has 0 aromatic heterocycles. The molecule has 1 fully saturated rings. The highest BCUT2D eigenvalue weighted by Crippen LogP contribution is 2.29. The molecule has 16 heavy (non-hydrogen) atoms. The van der Waals surface area contributed by atoms with Crippen molar-refractivity contribution >= 4 is 22.6 Å². The van der Waals surface area contributed by atoms with Crippen LogP contribution in [0.2, 0.25) is 0 Å². The van der Waals surface area contributed by atoms with Crippen molar-refractivity contribution in [1.82, 2.24) is 5.32 Å². The van der Waals surface area contributed by atoms with Crippen molar-refractivity contribution in [3.8, 4) is 0 Å². The van der Waals surface area contributed by atoms with E-state index >= 15 is 0 Å². The molecular formula is C13H18INO. The van der Waals surface area contributed by atoms with E-state index in [0.717, 1.165) is 19.4 Å². The number of aliphatic hydroxyl groups excluding tert-OH is 1. The number of halogens is 1. The van der Waals surface area contributed by atoms with Crippen molar-refractivity contribution in [2.24, 2.45) is 0 Å². The van der Waals surface area contributed by atoms with Crippen molar-refractivity contribution < 1.29 is 5.11 Å². The van der Waals surface area contributed by atoms with Gasteiger partial charge in [-0.1, -0.05) is 25.0 Å². The van der Waals surface area contributed by atoms with Crippen LogP contribution in [0.4, 0.5) is 0 Å². The SMILES string of the molecule is OCC1(NCc2ccc(I)cc2)CCCC1. The average Bonchev–Trinajstić information content (AvgIpc) is 2.78. The van der Waals surface area contributed by atoms with E-state index < -0.39 is 0 Å². The van der Waals surface area contributed by atoms with E-state index in [1.807, 2.05) is 0 Å². The Morgan fingerprint density at radius 3 is 2.38 bits per heavy atom. The third kappa shape index (κ3) is 2.96. The van der Waals surface area contributed by atoms with Crippen molar-refractivity contribution in [2.45, 2.75) is 37.8 Å². The van der Waals surface area contributed by atoms with Gasteiger partial charge in [0.1, 0.15) is 0 Å². The van der Waals surface area contributed by atoms with Crippen LogP contribution in [0.5, 0.6) is 0 Å². The second kappa shape index (κ2) is 5.47. The zero-order valence-corrected chi connectivity index (χ0v) is 11.5. The van der Waals surface area contributed by atoms with Crippen LogP contribution in [-0.4, -0.2) is 17.3 Å². The normalized spacial score (nSPS) is 18.9. The molecule has 0 spiro atoms. The monoisotopic (exact) mass is 331 g/mol. The minimum absolute atomic E-state index is 0.0109. The highest BCUT2D eigenvalue weighted by atomic mass is 127. The van der Waals surface area contributed by atoms with Gasteiger partial charge in [-0.25, -0.2) is 0 Å². The molecule has 0 radical (unpaired) electrons. The fraction of sp³-hybridized carbons (Fsp3) is 0.538. The summed E-state index contributed by atoms with van der Waals surface area (Å²) in [4.78, 5) is 0. The Labute approximate surface area is 111 Å². The summed E-state index contributed by atoms with van der Waals surface area (Å²) in [6.45, 7) is 1.12. The molecule has 0 atom stereocenters. The maximum Gasteiger partial charge on any atom is 0.0613 e. The standard InChI is InChI=1S/C13H18INO/c14-12-5-3-11(4-6-12)9-15-13(10-16)7-1-2-8-13/h3-6,15-16H,1-2,7-10H2. The van der Waals surface area contributed by atoms with Gasteiger partial charge in [0.05, 0.1) is 6.61 Å². The molecule has 0 heterocycles. The van der Waals surface area contributed by atoms with Crippen molar-refractivity contribution in [2.75, 3.05) is 6.61 Å². The summed E-state index contributed by atoms with van der Waals surface area (Å²) in [6.07, 6.45) is 4.68. The molecular weight excluding hydrogens is 313 g/mol. The van der Waals surface area contributed by atoms with Gasteiger partial charge in [-0.15, -0.1) is 0 Å². The number of benzene rings is 1. The van der Waals surface area contributed by atoms with Gasteiger partial charge in [-0.05, 0) is 53.1 Å². The zero-order chi connectivity index (χ0) is 11.4. The van der Waals surface area contributed by atoms with Gasteiger partial charge < -0.3 is 10.4 Å². The van der Waals surface area contributed by atoms with Crippen LogP contribution >= 0.6 is 22.6 Å². The number of rotatable bonds is 4. The Bertz CT molecular complexity index is 330. The summed E-state index contributed by atoms with van der Waals surface area (Å²) < 4.78 is 1.26. The summed E-state index contributed by atoms with van der Waals surface area (Å²) in [5, 5.41) is 13.0. The molecule has 1 aromatic rings. The molecule has 2 rings (SSSR count). The van der Waals surface area contributed by atoms with Gasteiger partial charge in [-0.2, -0.15) is 0 Å². The lowest BCUT2D eigenvalue weighted by atomic mass is 9.98. The quantitative estimate of drug-likeness (QED) is 0.832. The molecule has 0 saturated heterocycles. The predicted octanol–water partition coefficient (Wildman–Crippen LogP) is 2.69. The van der Waals surface area contributed by atoms with Gasteiger partial charge >= 0.3 is 0 Å². The molecule has 0 unspecified atom stereocenters. The van der Waals surface area contributed by atoms with Gasteiger partial charge in [0, 0.05) is 15.7 Å². The van der Waals surface area contributed by atoms with Gasteiger partial charge in [0.25, 0.3) is 0 Å². The molecule has 1 aliphatic rings. The molecule has 2 nitrogen and oxygen atoms in total. The summed E-state index contributed by atoms with van der Waals surface area (Å²) in [5.41, 5.74) is 1.28. The van der Waals surface area contributed by atoms with E-state index in [1.165, 1.54) is 22.0 Å². The maximum absolute atomic E-state index is 9.47. The summed E-state index contributed by atoms with van der Waals surface area (Å²) >= 11 is 2.31. The number of nitrogens with one attached hydrogen (secondary N) is 1. The van der Waals surface area contributed by atoms with Gasteiger partial charge in [-0.3, -0.25) is 0 Å². The predicted molar refractivity (Wildman–Crippen MR) is 74.3 cm³/mol. The van der Waals surface area contributed by atoms with Gasteiger partial charge in [0.2, 0.25) is 0 Å². The summed E-state index contributed by atoms with van der Waals surface area (Å²) in [5.74, 6) is 0. The Kier molecular flexibility index (Phi) is 4.21. The first-order valence-electron chi connectivity index (χ1n) is 5.84. The first-order valence-corrected chi connectivity index (χ1v) is 6.92. The molecule has 2 N–H and O–H groups in total. The van der Waals surface area contributed by atoms with Gasteiger partial charge in [0.15, 0.2) is 0 Å². The van der Waals surface area contributed by atoms with Crippen molar-refractivity contribution in [3.05, 3.63) is 33.4 Å². The molecule has 1 saturated carbocycles.